The minimum atomic E-state index is -3.72. The number of nitrogens with two attached hydrogens (primary N) is 1. The third-order valence-corrected chi connectivity index (χ3v) is 7.27. The van der Waals surface area contributed by atoms with E-state index in [0.717, 1.165) is 21.9 Å². The summed E-state index contributed by atoms with van der Waals surface area (Å²) < 4.78 is 30.7. The van der Waals surface area contributed by atoms with Crippen LogP contribution < -0.4 is 9.88 Å². The van der Waals surface area contributed by atoms with Crippen LogP contribution in [0.3, 0.4) is 0 Å². The van der Waals surface area contributed by atoms with Crippen molar-refractivity contribution in [2.45, 2.75) is 24.9 Å². The average Bonchev–Trinajstić information content (AvgIpc) is 2.73. The monoisotopic (exact) mass is 422 g/mol. The maximum absolute atomic E-state index is 13.0. The Labute approximate surface area is 175 Å². The van der Waals surface area contributed by atoms with Gasteiger partial charge in [0.25, 0.3) is 10.2 Å². The van der Waals surface area contributed by atoms with Gasteiger partial charge in [0.15, 0.2) is 5.78 Å². The zero-order chi connectivity index (χ0) is 20.9. The number of hydrogen-bond donors (Lipinski definition) is 1. The van der Waals surface area contributed by atoms with Gasteiger partial charge in [-0.05, 0) is 34.0 Å². The van der Waals surface area contributed by atoms with Gasteiger partial charge in [-0.1, -0.05) is 48.5 Å². The summed E-state index contributed by atoms with van der Waals surface area (Å²) in [5.41, 5.74) is 1.97. The number of benzene rings is 3. The largest absolute Gasteiger partial charge is 0.486 e. The lowest BCUT2D eigenvalue weighted by Gasteiger charge is -2.43. The molecule has 154 valence electrons. The molecule has 0 aromatic heterocycles. The molecular formula is C23H22N2O4S. The molecule has 0 unspecified atom stereocenters. The van der Waals surface area contributed by atoms with Crippen molar-refractivity contribution < 1.29 is 17.9 Å². The number of fused-ring (bicyclic) bond motifs is 2. The topological polar surface area (TPSA) is 89.7 Å². The molecule has 30 heavy (non-hydrogen) atoms. The SMILES string of the molecule is NS(=O)(=O)N1CCC2(CC1)CC(=O)c1cc(-c3cccc4ccccc34)ccc1O2. The first-order chi connectivity index (χ1) is 14.3. The summed E-state index contributed by atoms with van der Waals surface area (Å²) in [6, 6.07) is 20.1. The van der Waals surface area contributed by atoms with Crippen molar-refractivity contribution in [2.24, 2.45) is 5.14 Å². The number of carbonyl (C=O) groups excluding carboxylic acids is 1. The molecule has 2 aliphatic heterocycles. The van der Waals surface area contributed by atoms with Gasteiger partial charge in [0.1, 0.15) is 11.4 Å². The Morgan fingerprint density at radius 2 is 1.67 bits per heavy atom. The van der Waals surface area contributed by atoms with Gasteiger partial charge < -0.3 is 4.74 Å². The minimum Gasteiger partial charge on any atom is -0.486 e. The summed E-state index contributed by atoms with van der Waals surface area (Å²) >= 11 is 0. The molecule has 0 atom stereocenters. The Kier molecular flexibility index (Phi) is 4.43. The highest BCUT2D eigenvalue weighted by Crippen LogP contribution is 2.41. The van der Waals surface area contributed by atoms with Crippen LogP contribution in [0.15, 0.2) is 60.7 Å². The molecule has 5 rings (SSSR count). The third-order valence-electron chi connectivity index (χ3n) is 6.18. The van der Waals surface area contributed by atoms with E-state index in [-0.39, 0.29) is 25.3 Å². The van der Waals surface area contributed by atoms with Crippen molar-refractivity contribution in [1.82, 2.24) is 4.31 Å². The smallest absolute Gasteiger partial charge is 0.276 e. The van der Waals surface area contributed by atoms with Gasteiger partial charge in [-0.25, -0.2) is 5.14 Å². The highest BCUT2D eigenvalue weighted by Gasteiger charge is 2.44. The predicted molar refractivity (Wildman–Crippen MR) is 116 cm³/mol. The van der Waals surface area contributed by atoms with Gasteiger partial charge in [-0.2, -0.15) is 12.7 Å². The summed E-state index contributed by atoms with van der Waals surface area (Å²) in [5, 5.41) is 7.52. The van der Waals surface area contributed by atoms with Crippen molar-refractivity contribution in [3.8, 4) is 16.9 Å². The van der Waals surface area contributed by atoms with Crippen LogP contribution in [0.4, 0.5) is 0 Å². The van der Waals surface area contributed by atoms with Gasteiger partial charge in [-0.3, -0.25) is 4.79 Å². The number of nitrogens with zero attached hydrogens (tertiary/aromatic N) is 1. The first-order valence-corrected chi connectivity index (χ1v) is 11.5. The number of hydrogen-bond acceptors (Lipinski definition) is 4. The van der Waals surface area contributed by atoms with E-state index < -0.39 is 15.8 Å². The van der Waals surface area contributed by atoms with E-state index >= 15 is 0 Å². The Morgan fingerprint density at radius 1 is 0.933 bits per heavy atom. The molecule has 6 nitrogen and oxygen atoms in total. The molecule has 0 radical (unpaired) electrons. The summed E-state index contributed by atoms with van der Waals surface area (Å²) in [6.45, 7) is 0.519. The lowest BCUT2D eigenvalue weighted by molar-refractivity contribution is 0.00594. The van der Waals surface area contributed by atoms with Gasteiger partial charge in [0.05, 0.1) is 12.0 Å². The second-order valence-electron chi connectivity index (χ2n) is 8.07. The highest BCUT2D eigenvalue weighted by molar-refractivity contribution is 7.86. The zero-order valence-electron chi connectivity index (χ0n) is 16.4. The van der Waals surface area contributed by atoms with Crippen LogP contribution in [0.1, 0.15) is 29.6 Å². The second-order valence-corrected chi connectivity index (χ2v) is 9.61. The third kappa shape index (κ3) is 3.29. The van der Waals surface area contributed by atoms with E-state index in [4.69, 9.17) is 9.88 Å². The molecule has 0 bridgehead atoms. The van der Waals surface area contributed by atoms with E-state index in [2.05, 4.69) is 24.3 Å². The molecular weight excluding hydrogens is 400 g/mol. The lowest BCUT2D eigenvalue weighted by Crippen LogP contribution is -2.53. The number of carbonyl (C=O) groups is 1. The van der Waals surface area contributed by atoms with Crippen molar-refractivity contribution in [1.29, 1.82) is 0 Å². The van der Waals surface area contributed by atoms with E-state index in [0.29, 0.717) is 24.2 Å². The molecule has 1 saturated heterocycles. The van der Waals surface area contributed by atoms with Crippen LogP contribution >= 0.6 is 0 Å². The van der Waals surface area contributed by atoms with Crippen molar-refractivity contribution in [3.63, 3.8) is 0 Å². The molecule has 3 aromatic carbocycles. The Balaban J connectivity index is 1.47. The Morgan fingerprint density at radius 3 is 2.43 bits per heavy atom. The van der Waals surface area contributed by atoms with Gasteiger partial charge >= 0.3 is 0 Å². The molecule has 3 aromatic rings. The number of ether oxygens (including phenoxy) is 1. The number of ketones is 1. The van der Waals surface area contributed by atoms with Gasteiger partial charge in [-0.15, -0.1) is 0 Å². The standard InChI is InChI=1S/C23H22N2O4S/c24-30(27,28)25-12-10-23(11-13-25)15-21(26)20-14-17(8-9-22(20)29-23)19-7-3-5-16-4-1-2-6-18(16)19/h1-9,14H,10-13,15H2,(H2,24,27,28). The normalized spacial score (nSPS) is 18.9. The van der Waals surface area contributed by atoms with Crippen molar-refractivity contribution >= 4 is 26.8 Å². The summed E-state index contributed by atoms with van der Waals surface area (Å²) in [5.74, 6) is 0.599. The summed E-state index contributed by atoms with van der Waals surface area (Å²) in [4.78, 5) is 13.0. The van der Waals surface area contributed by atoms with E-state index in [1.165, 1.54) is 4.31 Å². The maximum atomic E-state index is 13.0. The van der Waals surface area contributed by atoms with Crippen LogP contribution in [0.25, 0.3) is 21.9 Å². The number of Topliss-reactive ketones (excluding diaryl/α,β-unsaturated/α-hetero) is 1. The highest BCUT2D eigenvalue weighted by atomic mass is 32.2. The van der Waals surface area contributed by atoms with Crippen LogP contribution in [0.2, 0.25) is 0 Å². The van der Waals surface area contributed by atoms with Crippen LogP contribution in [-0.4, -0.2) is 37.2 Å². The Bertz CT molecular complexity index is 1260. The lowest BCUT2D eigenvalue weighted by atomic mass is 9.82. The molecule has 0 aliphatic carbocycles. The van der Waals surface area contributed by atoms with Gasteiger partial charge in [0, 0.05) is 25.9 Å². The number of piperidine rings is 1. The van der Waals surface area contributed by atoms with Gasteiger partial charge in [0.2, 0.25) is 0 Å². The molecule has 0 saturated carbocycles. The van der Waals surface area contributed by atoms with Crippen LogP contribution in [0.5, 0.6) is 5.75 Å². The minimum absolute atomic E-state index is 0.0300. The summed E-state index contributed by atoms with van der Waals surface area (Å²) in [7, 11) is -3.72. The van der Waals surface area contributed by atoms with Crippen molar-refractivity contribution in [3.05, 3.63) is 66.2 Å². The fraction of sp³-hybridized carbons (Fsp3) is 0.261. The predicted octanol–water partition coefficient (Wildman–Crippen LogP) is 3.51. The van der Waals surface area contributed by atoms with Crippen LogP contribution in [-0.2, 0) is 10.2 Å². The first-order valence-electron chi connectivity index (χ1n) is 9.97. The molecule has 7 heteroatoms. The second kappa shape index (κ2) is 6.91. The van der Waals surface area contributed by atoms with Crippen LogP contribution in [0, 0.1) is 0 Å². The fourth-order valence-electron chi connectivity index (χ4n) is 4.57. The fourth-order valence-corrected chi connectivity index (χ4v) is 5.26. The average molecular weight is 423 g/mol. The van der Waals surface area contributed by atoms with Crippen molar-refractivity contribution in [2.75, 3.05) is 13.1 Å². The molecule has 0 amide bonds. The molecule has 2 aliphatic rings. The zero-order valence-corrected chi connectivity index (χ0v) is 17.2. The maximum Gasteiger partial charge on any atom is 0.276 e. The molecule has 1 fully saturated rings. The molecule has 2 heterocycles. The summed E-state index contributed by atoms with van der Waals surface area (Å²) in [6.07, 6.45) is 1.14. The van der Waals surface area contributed by atoms with E-state index in [1.807, 2.05) is 36.4 Å². The number of rotatable bonds is 2. The Hall–Kier alpha value is -2.74. The first kappa shape index (κ1) is 19.2. The van der Waals surface area contributed by atoms with E-state index in [9.17, 15) is 13.2 Å². The molecule has 2 N–H and O–H groups in total. The van der Waals surface area contributed by atoms with E-state index in [1.54, 1.807) is 0 Å². The molecule has 1 spiro atoms. The quantitative estimate of drug-likeness (QED) is 0.684.